The smallest absolute Gasteiger partial charge is 0.404 e. The first-order chi connectivity index (χ1) is 8.56. The van der Waals surface area contributed by atoms with Crippen LogP contribution in [0.3, 0.4) is 0 Å². The van der Waals surface area contributed by atoms with Gasteiger partial charge in [-0.3, -0.25) is 5.10 Å². The molecule has 0 unspecified atom stereocenters. The Morgan fingerprint density at radius 3 is 3.17 bits per heavy atom. The number of nitrogens with two attached hydrogens (primary N) is 1. The highest BCUT2D eigenvalue weighted by Gasteiger charge is 2.09. The van der Waals surface area contributed by atoms with Crippen molar-refractivity contribution in [2.75, 3.05) is 12.3 Å². The van der Waals surface area contributed by atoms with E-state index in [9.17, 15) is 4.79 Å². The number of anilines is 1. The van der Waals surface area contributed by atoms with Crippen LogP contribution in [0.5, 0.6) is 5.75 Å². The highest BCUT2D eigenvalue weighted by atomic mass is 16.5. The van der Waals surface area contributed by atoms with Crippen molar-refractivity contribution in [3.63, 3.8) is 0 Å². The summed E-state index contributed by atoms with van der Waals surface area (Å²) in [5.41, 5.74) is 7.14. The molecule has 96 valence electrons. The maximum atomic E-state index is 10.4. The molecular weight excluding hydrogens is 236 g/mol. The quantitative estimate of drug-likeness (QED) is 0.608. The number of carboxylic acid groups (broad SMARTS) is 1. The van der Waals surface area contributed by atoms with Gasteiger partial charge in [0.05, 0.1) is 23.4 Å². The summed E-state index contributed by atoms with van der Waals surface area (Å²) >= 11 is 0. The van der Waals surface area contributed by atoms with Crippen molar-refractivity contribution in [1.29, 1.82) is 0 Å². The number of nitrogens with one attached hydrogen (secondary N) is 2. The van der Waals surface area contributed by atoms with Gasteiger partial charge in [0.2, 0.25) is 0 Å². The molecule has 1 heterocycles. The van der Waals surface area contributed by atoms with E-state index in [4.69, 9.17) is 15.6 Å². The molecule has 18 heavy (non-hydrogen) atoms. The number of aromatic amines is 1. The van der Waals surface area contributed by atoms with Crippen LogP contribution in [-0.2, 0) is 0 Å². The van der Waals surface area contributed by atoms with Gasteiger partial charge in [0.1, 0.15) is 12.4 Å². The Morgan fingerprint density at radius 2 is 2.44 bits per heavy atom. The predicted molar refractivity (Wildman–Crippen MR) is 66.6 cm³/mol. The number of nitrogen functional groups attached to an aromatic ring is 1. The molecule has 0 bridgehead atoms. The molecule has 0 aliphatic heterocycles. The fraction of sp³-hybridized carbons (Fsp3) is 0.273. The van der Waals surface area contributed by atoms with Gasteiger partial charge in [0, 0.05) is 11.5 Å². The highest BCUT2D eigenvalue weighted by molar-refractivity contribution is 5.84. The lowest BCUT2D eigenvalue weighted by molar-refractivity contribution is 0.183. The maximum absolute atomic E-state index is 10.4. The van der Waals surface area contributed by atoms with Crippen LogP contribution in [0.25, 0.3) is 10.9 Å². The van der Waals surface area contributed by atoms with Gasteiger partial charge in [-0.15, -0.1) is 0 Å². The van der Waals surface area contributed by atoms with Crippen LogP contribution in [0.1, 0.15) is 6.92 Å². The number of ether oxygens (including phenoxy) is 1. The lowest BCUT2D eigenvalue weighted by atomic mass is 10.2. The van der Waals surface area contributed by atoms with Crippen LogP contribution in [0, 0.1) is 0 Å². The van der Waals surface area contributed by atoms with Crippen molar-refractivity contribution in [3.8, 4) is 5.75 Å². The summed E-state index contributed by atoms with van der Waals surface area (Å²) in [5, 5.41) is 18.4. The normalized spacial score (nSPS) is 12.3. The number of hydrogen-bond acceptors (Lipinski definition) is 4. The molecule has 2 rings (SSSR count). The van der Waals surface area contributed by atoms with E-state index in [1.807, 2.05) is 0 Å². The number of nitrogens with zero attached hydrogens (tertiary/aromatic N) is 1. The van der Waals surface area contributed by atoms with Gasteiger partial charge < -0.3 is 20.9 Å². The Kier molecular flexibility index (Phi) is 3.22. The third-order valence-electron chi connectivity index (χ3n) is 2.43. The summed E-state index contributed by atoms with van der Waals surface area (Å²) in [4.78, 5) is 10.4. The number of rotatable bonds is 4. The van der Waals surface area contributed by atoms with Crippen LogP contribution >= 0.6 is 0 Å². The minimum absolute atomic E-state index is 0.205. The molecular formula is C11H14N4O3. The Labute approximate surface area is 103 Å². The Balaban J connectivity index is 2.06. The van der Waals surface area contributed by atoms with Gasteiger partial charge >= 0.3 is 6.09 Å². The average molecular weight is 250 g/mol. The van der Waals surface area contributed by atoms with Crippen molar-refractivity contribution in [3.05, 3.63) is 18.3 Å². The van der Waals surface area contributed by atoms with Crippen LogP contribution in [0.4, 0.5) is 10.5 Å². The van der Waals surface area contributed by atoms with Crippen molar-refractivity contribution in [2.45, 2.75) is 13.0 Å². The SMILES string of the molecule is C[C@H](COc1cc2[nH]ncc2cc1N)NC(=O)O. The fourth-order valence-electron chi connectivity index (χ4n) is 1.58. The lowest BCUT2D eigenvalue weighted by Gasteiger charge is -2.14. The average Bonchev–Trinajstić information content (AvgIpc) is 2.71. The summed E-state index contributed by atoms with van der Waals surface area (Å²) in [6.45, 7) is 1.91. The molecule has 1 amide bonds. The molecule has 0 spiro atoms. The number of fused-ring (bicyclic) bond motifs is 1. The Hall–Kier alpha value is -2.44. The lowest BCUT2D eigenvalue weighted by Crippen LogP contribution is -2.35. The zero-order chi connectivity index (χ0) is 13.1. The van der Waals surface area contributed by atoms with Crippen LogP contribution < -0.4 is 15.8 Å². The number of aromatic nitrogens is 2. The largest absolute Gasteiger partial charge is 0.489 e. The van der Waals surface area contributed by atoms with E-state index >= 15 is 0 Å². The van der Waals surface area contributed by atoms with Crippen LogP contribution in [-0.4, -0.2) is 34.0 Å². The first kappa shape index (κ1) is 12.0. The third kappa shape index (κ3) is 2.62. The van der Waals surface area contributed by atoms with Gasteiger partial charge in [0.25, 0.3) is 0 Å². The highest BCUT2D eigenvalue weighted by Crippen LogP contribution is 2.26. The maximum Gasteiger partial charge on any atom is 0.404 e. The van der Waals surface area contributed by atoms with Gasteiger partial charge in [-0.1, -0.05) is 0 Å². The van der Waals surface area contributed by atoms with Crippen molar-refractivity contribution < 1.29 is 14.6 Å². The molecule has 2 aromatic rings. The van der Waals surface area contributed by atoms with E-state index in [-0.39, 0.29) is 12.6 Å². The number of amides is 1. The summed E-state index contributed by atoms with van der Waals surface area (Å²) in [5.74, 6) is 0.505. The molecule has 0 aliphatic rings. The number of carbonyl (C=O) groups is 1. The van der Waals surface area contributed by atoms with Crippen molar-refractivity contribution >= 4 is 22.7 Å². The zero-order valence-electron chi connectivity index (χ0n) is 9.80. The van der Waals surface area contributed by atoms with E-state index in [1.165, 1.54) is 0 Å². The monoisotopic (exact) mass is 250 g/mol. The summed E-state index contributed by atoms with van der Waals surface area (Å²) in [7, 11) is 0. The molecule has 1 atom stereocenters. The minimum Gasteiger partial charge on any atom is -0.489 e. The van der Waals surface area contributed by atoms with E-state index in [2.05, 4.69) is 15.5 Å². The van der Waals surface area contributed by atoms with Crippen LogP contribution in [0.15, 0.2) is 18.3 Å². The van der Waals surface area contributed by atoms with Crippen molar-refractivity contribution in [2.24, 2.45) is 0 Å². The second-order valence-corrected chi connectivity index (χ2v) is 4.01. The summed E-state index contributed by atoms with van der Waals surface area (Å²) in [6.07, 6.45) is 0.590. The minimum atomic E-state index is -1.08. The third-order valence-corrected chi connectivity index (χ3v) is 2.43. The first-order valence-electron chi connectivity index (χ1n) is 5.41. The molecule has 0 saturated heterocycles. The second-order valence-electron chi connectivity index (χ2n) is 4.01. The molecule has 0 saturated carbocycles. The second kappa shape index (κ2) is 4.82. The molecule has 0 fully saturated rings. The van der Waals surface area contributed by atoms with E-state index in [1.54, 1.807) is 25.3 Å². The topological polar surface area (TPSA) is 113 Å². The molecule has 7 heteroatoms. The van der Waals surface area contributed by atoms with E-state index in [0.29, 0.717) is 11.4 Å². The first-order valence-corrected chi connectivity index (χ1v) is 5.41. The standard InChI is InChI=1S/C11H14N4O3/c1-6(14-11(16)17)5-18-10-3-9-7(2-8(10)12)4-13-15-9/h2-4,6,14H,5,12H2,1H3,(H,13,15)(H,16,17)/t6-/m1/s1. The van der Waals surface area contributed by atoms with Gasteiger partial charge in [-0.25, -0.2) is 4.79 Å². The van der Waals surface area contributed by atoms with E-state index < -0.39 is 6.09 Å². The molecule has 1 aromatic heterocycles. The fourth-order valence-corrected chi connectivity index (χ4v) is 1.58. The Morgan fingerprint density at radius 1 is 1.67 bits per heavy atom. The molecule has 0 aliphatic carbocycles. The molecule has 5 N–H and O–H groups in total. The Bertz CT molecular complexity index is 566. The van der Waals surface area contributed by atoms with Crippen molar-refractivity contribution in [1.82, 2.24) is 15.5 Å². The van der Waals surface area contributed by atoms with Crippen LogP contribution in [0.2, 0.25) is 0 Å². The van der Waals surface area contributed by atoms with Gasteiger partial charge in [-0.05, 0) is 13.0 Å². The molecule has 1 aromatic carbocycles. The predicted octanol–water partition coefficient (Wildman–Crippen LogP) is 1.18. The van der Waals surface area contributed by atoms with E-state index in [0.717, 1.165) is 10.9 Å². The number of benzene rings is 1. The molecule has 7 nitrogen and oxygen atoms in total. The summed E-state index contributed by atoms with van der Waals surface area (Å²) in [6, 6.07) is 3.17. The zero-order valence-corrected chi connectivity index (χ0v) is 9.80. The van der Waals surface area contributed by atoms with Gasteiger partial charge in [-0.2, -0.15) is 5.10 Å². The molecule has 0 radical (unpaired) electrons. The number of H-pyrrole nitrogens is 1. The number of hydrogen-bond donors (Lipinski definition) is 4. The summed E-state index contributed by atoms with van der Waals surface area (Å²) < 4.78 is 5.48. The van der Waals surface area contributed by atoms with Gasteiger partial charge in [0.15, 0.2) is 0 Å².